The first kappa shape index (κ1) is 29.7. The zero-order chi connectivity index (χ0) is 29.2. The SMILES string of the molecule is C[C@@H]1CN([C@@H](C)CO)S(=O)(=O)c2ccc(C#Cc3ccc(F)cc3)cc2O[C@@H]1CN(C)S(=O)(=O)c1cn(C)cn1. The van der Waals surface area contributed by atoms with Gasteiger partial charge >= 0.3 is 0 Å². The molecule has 1 N–H and O–H groups in total. The summed E-state index contributed by atoms with van der Waals surface area (Å²) in [6.07, 6.45) is 2.03. The molecule has 0 amide bonds. The summed E-state index contributed by atoms with van der Waals surface area (Å²) in [5.41, 5.74) is 1.01. The Kier molecular flexibility index (Phi) is 8.67. The van der Waals surface area contributed by atoms with Crippen LogP contribution in [0.3, 0.4) is 0 Å². The number of ether oxygens (including phenoxy) is 1. The van der Waals surface area contributed by atoms with E-state index in [1.807, 2.05) is 0 Å². The Hall–Kier alpha value is -3.28. The summed E-state index contributed by atoms with van der Waals surface area (Å²) in [6, 6.07) is 9.32. The normalized spacial score (nSPS) is 20.0. The molecule has 214 valence electrons. The minimum absolute atomic E-state index is 0.00222. The van der Waals surface area contributed by atoms with Crippen LogP contribution in [-0.4, -0.2) is 79.0 Å². The van der Waals surface area contributed by atoms with Gasteiger partial charge in [-0.25, -0.2) is 26.2 Å². The summed E-state index contributed by atoms with van der Waals surface area (Å²) >= 11 is 0. The number of rotatable bonds is 6. The maximum absolute atomic E-state index is 13.7. The van der Waals surface area contributed by atoms with E-state index in [-0.39, 0.29) is 34.6 Å². The van der Waals surface area contributed by atoms with Crippen LogP contribution < -0.4 is 4.74 Å². The second-order valence-corrected chi connectivity index (χ2v) is 13.7. The van der Waals surface area contributed by atoms with Crippen molar-refractivity contribution in [2.75, 3.05) is 26.7 Å². The van der Waals surface area contributed by atoms with Crippen molar-refractivity contribution in [2.24, 2.45) is 13.0 Å². The maximum Gasteiger partial charge on any atom is 0.261 e. The number of fused-ring (bicyclic) bond motifs is 1. The number of aromatic nitrogens is 2. The number of likely N-dealkylation sites (N-methyl/N-ethyl adjacent to an activating group) is 1. The summed E-state index contributed by atoms with van der Waals surface area (Å²) in [5.74, 6) is 5.01. The topological polar surface area (TPSA) is 122 Å². The van der Waals surface area contributed by atoms with E-state index in [2.05, 4.69) is 16.8 Å². The van der Waals surface area contributed by atoms with Gasteiger partial charge in [0.1, 0.15) is 22.6 Å². The maximum atomic E-state index is 13.7. The summed E-state index contributed by atoms with van der Waals surface area (Å²) in [4.78, 5) is 3.84. The van der Waals surface area contributed by atoms with Crippen molar-refractivity contribution in [1.82, 2.24) is 18.2 Å². The molecule has 4 rings (SSSR count). The van der Waals surface area contributed by atoms with Crippen LogP contribution in [0.15, 0.2) is 64.9 Å². The molecule has 0 radical (unpaired) electrons. The molecule has 2 aromatic carbocycles. The Morgan fingerprint density at radius 1 is 1.20 bits per heavy atom. The molecular formula is C27H31FN4O6S2. The average molecular weight is 591 g/mol. The summed E-state index contributed by atoms with van der Waals surface area (Å²) in [5, 5.41) is 9.71. The second kappa shape index (κ2) is 11.7. The first-order valence-corrected chi connectivity index (χ1v) is 15.4. The highest BCUT2D eigenvalue weighted by Gasteiger charge is 2.39. The molecule has 2 heterocycles. The highest BCUT2D eigenvalue weighted by Crippen LogP contribution is 2.34. The van der Waals surface area contributed by atoms with E-state index in [4.69, 9.17) is 4.74 Å². The van der Waals surface area contributed by atoms with E-state index in [0.717, 1.165) is 4.31 Å². The number of nitrogens with zero attached hydrogens (tertiary/aromatic N) is 4. The number of aliphatic hydroxyl groups excluding tert-OH is 1. The van der Waals surface area contributed by atoms with Gasteiger partial charge in [0, 0.05) is 49.9 Å². The Morgan fingerprint density at radius 3 is 2.48 bits per heavy atom. The van der Waals surface area contributed by atoms with Crippen LogP contribution in [0.2, 0.25) is 0 Å². The van der Waals surface area contributed by atoms with E-state index >= 15 is 0 Å². The fraction of sp³-hybridized carbons (Fsp3) is 0.370. The number of aryl methyl sites for hydroxylation is 1. The Labute approximate surface area is 234 Å². The molecule has 0 aliphatic carbocycles. The fourth-order valence-corrected chi connectivity index (χ4v) is 7.20. The summed E-state index contributed by atoms with van der Waals surface area (Å²) < 4.78 is 77.0. The van der Waals surface area contributed by atoms with E-state index in [1.54, 1.807) is 20.9 Å². The lowest BCUT2D eigenvalue weighted by molar-refractivity contribution is 0.0904. The van der Waals surface area contributed by atoms with Gasteiger partial charge in [-0.15, -0.1) is 0 Å². The van der Waals surface area contributed by atoms with Crippen molar-refractivity contribution in [3.8, 4) is 17.6 Å². The first-order chi connectivity index (χ1) is 18.8. The molecule has 0 fully saturated rings. The van der Waals surface area contributed by atoms with Crippen molar-refractivity contribution < 1.29 is 31.1 Å². The third-order valence-electron chi connectivity index (χ3n) is 6.66. The molecule has 1 aromatic heterocycles. The van der Waals surface area contributed by atoms with Crippen LogP contribution in [-0.2, 0) is 27.1 Å². The summed E-state index contributed by atoms with van der Waals surface area (Å²) in [7, 11) is -4.95. The molecule has 3 atom stereocenters. The van der Waals surface area contributed by atoms with Crippen LogP contribution in [0, 0.1) is 23.6 Å². The highest BCUT2D eigenvalue weighted by atomic mass is 32.2. The van der Waals surface area contributed by atoms with Crippen molar-refractivity contribution in [3.63, 3.8) is 0 Å². The van der Waals surface area contributed by atoms with Crippen molar-refractivity contribution >= 4 is 20.0 Å². The van der Waals surface area contributed by atoms with Crippen molar-refractivity contribution in [1.29, 1.82) is 0 Å². The molecule has 1 aliphatic rings. The van der Waals surface area contributed by atoms with Gasteiger partial charge in [0.25, 0.3) is 10.0 Å². The van der Waals surface area contributed by atoms with Gasteiger partial charge in [0.2, 0.25) is 10.0 Å². The van der Waals surface area contributed by atoms with Gasteiger partial charge in [0.05, 0.1) is 19.5 Å². The van der Waals surface area contributed by atoms with Gasteiger partial charge in [-0.3, -0.25) is 0 Å². The van der Waals surface area contributed by atoms with Gasteiger partial charge < -0.3 is 14.4 Å². The van der Waals surface area contributed by atoms with E-state index in [9.17, 15) is 26.3 Å². The molecule has 0 spiro atoms. The molecule has 13 heteroatoms. The lowest BCUT2D eigenvalue weighted by Crippen LogP contribution is -2.50. The largest absolute Gasteiger partial charge is 0.487 e. The molecule has 0 saturated heterocycles. The zero-order valence-electron chi connectivity index (χ0n) is 22.5. The number of benzene rings is 2. The first-order valence-electron chi connectivity index (χ1n) is 12.5. The van der Waals surface area contributed by atoms with E-state index in [0.29, 0.717) is 11.1 Å². The Morgan fingerprint density at radius 2 is 1.85 bits per heavy atom. The van der Waals surface area contributed by atoms with Crippen LogP contribution in [0.25, 0.3) is 0 Å². The molecule has 0 bridgehead atoms. The van der Waals surface area contributed by atoms with Gasteiger partial charge in [-0.05, 0) is 49.4 Å². The minimum Gasteiger partial charge on any atom is -0.487 e. The Bertz CT molecular complexity index is 1650. The predicted molar refractivity (Wildman–Crippen MR) is 146 cm³/mol. The lowest BCUT2D eigenvalue weighted by Gasteiger charge is -2.37. The van der Waals surface area contributed by atoms with Crippen LogP contribution in [0.4, 0.5) is 4.39 Å². The minimum atomic E-state index is -4.08. The van der Waals surface area contributed by atoms with Crippen molar-refractivity contribution in [2.45, 2.75) is 35.9 Å². The van der Waals surface area contributed by atoms with E-state index in [1.165, 1.54) is 70.9 Å². The number of sulfonamides is 2. The Balaban J connectivity index is 1.74. The molecular weight excluding hydrogens is 559 g/mol. The molecule has 1 aliphatic heterocycles. The highest BCUT2D eigenvalue weighted by molar-refractivity contribution is 7.89. The van der Waals surface area contributed by atoms with E-state index < -0.39 is 44.7 Å². The molecule has 3 aromatic rings. The standard InChI is InChI=1S/C27H31FN4O6S2/c1-19-14-32(20(2)17-33)39(34,35)26-12-9-22(6-5-21-7-10-23(28)11-8-21)13-24(26)38-25(19)15-31(4)40(36,37)27-16-30(3)18-29-27/h7-13,16,18-20,25,33H,14-15,17H2,1-4H3/t19-,20+,25-/m1/s1. The third kappa shape index (κ3) is 6.21. The molecule has 0 unspecified atom stereocenters. The zero-order valence-corrected chi connectivity index (χ0v) is 24.2. The smallest absolute Gasteiger partial charge is 0.261 e. The number of aliphatic hydroxyl groups is 1. The van der Waals surface area contributed by atoms with Crippen LogP contribution >= 0.6 is 0 Å². The van der Waals surface area contributed by atoms with Gasteiger partial charge in [0.15, 0.2) is 5.03 Å². The average Bonchev–Trinajstić information content (AvgIpc) is 3.36. The molecule has 0 saturated carbocycles. The number of halogens is 1. The predicted octanol–water partition coefficient (Wildman–Crippen LogP) is 2.05. The number of hydrogen-bond donors (Lipinski definition) is 1. The van der Waals surface area contributed by atoms with Crippen LogP contribution in [0.5, 0.6) is 5.75 Å². The monoisotopic (exact) mass is 590 g/mol. The molecule has 40 heavy (non-hydrogen) atoms. The summed E-state index contributed by atoms with van der Waals surface area (Å²) in [6.45, 7) is 2.87. The number of hydrogen-bond acceptors (Lipinski definition) is 7. The third-order valence-corrected chi connectivity index (χ3v) is 10.4. The quantitative estimate of drug-likeness (QED) is 0.436. The molecule has 10 nitrogen and oxygen atoms in total. The van der Waals surface area contributed by atoms with Crippen molar-refractivity contribution in [3.05, 3.63) is 71.9 Å². The van der Waals surface area contributed by atoms with Gasteiger partial charge in [-0.1, -0.05) is 18.8 Å². The van der Waals surface area contributed by atoms with Crippen LogP contribution in [0.1, 0.15) is 25.0 Å². The fourth-order valence-electron chi connectivity index (χ4n) is 4.23. The lowest BCUT2D eigenvalue weighted by atomic mass is 10.0. The number of imidazole rings is 1. The van der Waals surface area contributed by atoms with Gasteiger partial charge in [-0.2, -0.15) is 8.61 Å². The second-order valence-electron chi connectivity index (χ2n) is 9.82.